The van der Waals surface area contributed by atoms with Gasteiger partial charge < -0.3 is 14.8 Å². The Kier molecular flexibility index (Phi) is 7.01. The minimum absolute atomic E-state index is 0.304. The van der Waals surface area contributed by atoms with Gasteiger partial charge in [0, 0.05) is 6.04 Å². The molecular weight excluding hydrogens is 202 g/mol. The Hall–Kier alpha value is -0.120. The van der Waals surface area contributed by atoms with Crippen LogP contribution in [0.4, 0.5) is 0 Å². The normalized spacial score (nSPS) is 27.0. The summed E-state index contributed by atoms with van der Waals surface area (Å²) in [4.78, 5) is 0. The summed E-state index contributed by atoms with van der Waals surface area (Å²) in [6, 6.07) is 0.529. The molecule has 96 valence electrons. The topological polar surface area (TPSA) is 30.5 Å². The Morgan fingerprint density at radius 3 is 2.56 bits per heavy atom. The zero-order valence-corrected chi connectivity index (χ0v) is 11.0. The average Bonchev–Trinajstić information content (AvgIpc) is 2.48. The first-order valence-electron chi connectivity index (χ1n) is 6.64. The van der Waals surface area contributed by atoms with Gasteiger partial charge in [0.2, 0.25) is 0 Å². The van der Waals surface area contributed by atoms with Gasteiger partial charge in [-0.2, -0.15) is 0 Å². The van der Waals surface area contributed by atoms with Crippen LogP contribution in [0.5, 0.6) is 0 Å². The summed E-state index contributed by atoms with van der Waals surface area (Å²) in [5.74, 6) is 0. The maximum absolute atomic E-state index is 5.93. The Morgan fingerprint density at radius 2 is 1.88 bits per heavy atom. The molecule has 1 aliphatic rings. The molecule has 1 N–H and O–H groups in total. The molecule has 0 aliphatic heterocycles. The van der Waals surface area contributed by atoms with Crippen molar-refractivity contribution < 1.29 is 9.47 Å². The van der Waals surface area contributed by atoms with Crippen LogP contribution in [0.15, 0.2) is 0 Å². The van der Waals surface area contributed by atoms with Crippen LogP contribution in [0.3, 0.4) is 0 Å². The predicted molar refractivity (Wildman–Crippen MR) is 66.8 cm³/mol. The van der Waals surface area contributed by atoms with Gasteiger partial charge in [-0.25, -0.2) is 0 Å². The lowest BCUT2D eigenvalue weighted by Gasteiger charge is -2.25. The number of ether oxygens (including phenoxy) is 2. The van der Waals surface area contributed by atoms with Crippen molar-refractivity contribution in [3.63, 3.8) is 0 Å². The molecule has 3 heteroatoms. The molecule has 0 radical (unpaired) electrons. The second-order valence-electron chi connectivity index (χ2n) is 4.86. The van der Waals surface area contributed by atoms with Gasteiger partial charge >= 0.3 is 0 Å². The summed E-state index contributed by atoms with van der Waals surface area (Å²) in [6.45, 7) is 5.55. The van der Waals surface area contributed by atoms with E-state index in [9.17, 15) is 0 Å². The summed E-state index contributed by atoms with van der Waals surface area (Å²) < 4.78 is 11.4. The molecule has 1 rings (SSSR count). The van der Waals surface area contributed by atoms with Gasteiger partial charge in [0.05, 0.1) is 25.4 Å². The third kappa shape index (κ3) is 5.28. The third-order valence-corrected chi connectivity index (χ3v) is 3.19. The highest BCUT2D eigenvalue weighted by Gasteiger charge is 2.22. The Labute approximate surface area is 99.9 Å². The van der Waals surface area contributed by atoms with E-state index < -0.39 is 0 Å². The van der Waals surface area contributed by atoms with E-state index in [1.54, 1.807) is 0 Å². The standard InChI is InChI=1S/C13H27NO2/c1-11(2)15-9-10-16-13-8-6-4-5-7-12(13)14-3/h11-14H,4-10H2,1-3H3. The van der Waals surface area contributed by atoms with Gasteiger partial charge in [-0.3, -0.25) is 0 Å². The Bertz CT molecular complexity index is 173. The van der Waals surface area contributed by atoms with Crippen molar-refractivity contribution in [2.24, 2.45) is 0 Å². The molecule has 3 nitrogen and oxygen atoms in total. The van der Waals surface area contributed by atoms with Crippen LogP contribution in [0, 0.1) is 0 Å². The molecule has 2 atom stereocenters. The highest BCUT2D eigenvalue weighted by Crippen LogP contribution is 2.20. The van der Waals surface area contributed by atoms with Crippen LogP contribution in [0.1, 0.15) is 46.0 Å². The molecule has 0 aromatic heterocycles. The Morgan fingerprint density at radius 1 is 1.12 bits per heavy atom. The zero-order valence-electron chi connectivity index (χ0n) is 11.0. The molecular formula is C13H27NO2. The van der Waals surface area contributed by atoms with Gasteiger partial charge in [-0.1, -0.05) is 19.3 Å². The third-order valence-electron chi connectivity index (χ3n) is 3.19. The molecule has 1 saturated carbocycles. The lowest BCUT2D eigenvalue weighted by molar-refractivity contribution is -0.0265. The van der Waals surface area contributed by atoms with Crippen LogP contribution in [0.2, 0.25) is 0 Å². The van der Waals surface area contributed by atoms with Crippen molar-refractivity contribution in [3.8, 4) is 0 Å². The second kappa shape index (κ2) is 8.04. The first kappa shape index (κ1) is 13.9. The van der Waals surface area contributed by atoms with Crippen LogP contribution in [-0.2, 0) is 9.47 Å². The number of likely N-dealkylation sites (N-methyl/N-ethyl adjacent to an activating group) is 1. The van der Waals surface area contributed by atoms with E-state index in [4.69, 9.17) is 9.47 Å². The van der Waals surface area contributed by atoms with E-state index in [0.29, 0.717) is 24.9 Å². The summed E-state index contributed by atoms with van der Waals surface area (Å²) in [5.41, 5.74) is 0. The molecule has 0 saturated heterocycles. The monoisotopic (exact) mass is 229 g/mol. The second-order valence-corrected chi connectivity index (χ2v) is 4.86. The van der Waals surface area contributed by atoms with Crippen molar-refractivity contribution in [2.75, 3.05) is 20.3 Å². The van der Waals surface area contributed by atoms with E-state index in [0.717, 1.165) is 6.61 Å². The quantitative estimate of drug-likeness (QED) is 0.560. The van der Waals surface area contributed by atoms with Crippen LogP contribution in [0.25, 0.3) is 0 Å². The fraction of sp³-hybridized carbons (Fsp3) is 1.00. The fourth-order valence-corrected chi connectivity index (χ4v) is 2.29. The van der Waals surface area contributed by atoms with E-state index in [1.807, 2.05) is 7.05 Å². The maximum Gasteiger partial charge on any atom is 0.0729 e. The van der Waals surface area contributed by atoms with Crippen molar-refractivity contribution in [1.82, 2.24) is 5.32 Å². The van der Waals surface area contributed by atoms with Gasteiger partial charge in [0.15, 0.2) is 0 Å². The van der Waals surface area contributed by atoms with Crippen molar-refractivity contribution in [3.05, 3.63) is 0 Å². The van der Waals surface area contributed by atoms with Crippen LogP contribution >= 0.6 is 0 Å². The molecule has 0 aromatic carbocycles. The lowest BCUT2D eigenvalue weighted by atomic mass is 10.1. The van der Waals surface area contributed by atoms with Gasteiger partial charge in [-0.15, -0.1) is 0 Å². The summed E-state index contributed by atoms with van der Waals surface area (Å²) in [5, 5.41) is 3.38. The largest absolute Gasteiger partial charge is 0.376 e. The predicted octanol–water partition coefficient (Wildman–Crippen LogP) is 2.35. The highest BCUT2D eigenvalue weighted by atomic mass is 16.5. The van der Waals surface area contributed by atoms with E-state index in [-0.39, 0.29) is 0 Å². The number of nitrogens with one attached hydrogen (secondary N) is 1. The summed E-state index contributed by atoms with van der Waals surface area (Å²) >= 11 is 0. The maximum atomic E-state index is 5.93. The van der Waals surface area contributed by atoms with E-state index >= 15 is 0 Å². The summed E-state index contributed by atoms with van der Waals surface area (Å²) in [6.07, 6.45) is 7.09. The van der Waals surface area contributed by atoms with E-state index in [1.165, 1.54) is 32.1 Å². The number of hydrogen-bond donors (Lipinski definition) is 1. The van der Waals surface area contributed by atoms with Crippen molar-refractivity contribution in [1.29, 1.82) is 0 Å². The molecule has 0 spiro atoms. The zero-order chi connectivity index (χ0) is 11.8. The van der Waals surface area contributed by atoms with Gasteiger partial charge in [-0.05, 0) is 33.7 Å². The molecule has 1 fully saturated rings. The SMILES string of the molecule is CNC1CCCCCC1OCCOC(C)C. The minimum Gasteiger partial charge on any atom is -0.376 e. The molecule has 1 aliphatic carbocycles. The van der Waals surface area contributed by atoms with Crippen LogP contribution < -0.4 is 5.32 Å². The average molecular weight is 229 g/mol. The molecule has 2 unspecified atom stereocenters. The minimum atomic E-state index is 0.304. The molecule has 0 amide bonds. The smallest absolute Gasteiger partial charge is 0.0729 e. The number of hydrogen-bond acceptors (Lipinski definition) is 3. The summed E-state index contributed by atoms with van der Waals surface area (Å²) in [7, 11) is 2.04. The molecule has 0 bridgehead atoms. The molecule has 0 aromatic rings. The first-order chi connectivity index (χ1) is 7.74. The van der Waals surface area contributed by atoms with Crippen LogP contribution in [-0.4, -0.2) is 38.5 Å². The van der Waals surface area contributed by atoms with Gasteiger partial charge in [0.25, 0.3) is 0 Å². The Balaban J connectivity index is 2.20. The lowest BCUT2D eigenvalue weighted by Crippen LogP contribution is -2.39. The highest BCUT2D eigenvalue weighted by molar-refractivity contribution is 4.79. The van der Waals surface area contributed by atoms with Crippen molar-refractivity contribution in [2.45, 2.75) is 64.2 Å². The first-order valence-corrected chi connectivity index (χ1v) is 6.64. The van der Waals surface area contributed by atoms with Gasteiger partial charge in [0.1, 0.15) is 0 Å². The fourth-order valence-electron chi connectivity index (χ4n) is 2.29. The molecule has 16 heavy (non-hydrogen) atoms. The number of rotatable bonds is 6. The molecule has 0 heterocycles. The van der Waals surface area contributed by atoms with Crippen molar-refractivity contribution >= 4 is 0 Å². The van der Waals surface area contributed by atoms with E-state index in [2.05, 4.69) is 19.2 Å².